The fraction of sp³-hybridized carbons (Fsp3) is 0.750. The third-order valence-electron chi connectivity index (χ3n) is 2.78. The maximum atomic E-state index is 4.33. The van der Waals surface area contributed by atoms with Crippen LogP contribution >= 0.6 is 0 Å². The third-order valence-corrected chi connectivity index (χ3v) is 2.78. The number of hydrogen-bond donors (Lipinski definition) is 1. The van der Waals surface area contributed by atoms with Gasteiger partial charge in [0.05, 0.1) is 6.20 Å². The Morgan fingerprint density at radius 1 is 1.33 bits per heavy atom. The minimum absolute atomic E-state index is 0.571. The molecule has 1 aromatic heterocycles. The first-order valence-electron chi connectivity index (χ1n) is 6.10. The van der Waals surface area contributed by atoms with E-state index in [1.165, 1.54) is 12.8 Å². The van der Waals surface area contributed by atoms with Crippen molar-refractivity contribution < 1.29 is 0 Å². The van der Waals surface area contributed by atoms with E-state index in [9.17, 15) is 0 Å². The van der Waals surface area contributed by atoms with Gasteiger partial charge in [-0.1, -0.05) is 27.2 Å². The summed E-state index contributed by atoms with van der Waals surface area (Å²) in [5, 5.41) is 7.87. The number of nitrogens with one attached hydrogen (secondary N) is 1. The number of hydrogen-bond acceptors (Lipinski definition) is 2. The summed E-state index contributed by atoms with van der Waals surface area (Å²) >= 11 is 0. The smallest absolute Gasteiger partial charge is 0.124 e. The Labute approximate surface area is 92.9 Å². The average molecular weight is 209 g/mol. The molecule has 0 aliphatic carbocycles. The zero-order valence-corrected chi connectivity index (χ0v) is 10.2. The van der Waals surface area contributed by atoms with E-state index in [1.807, 2.05) is 6.20 Å². The molecule has 0 aliphatic rings. The van der Waals surface area contributed by atoms with E-state index < -0.39 is 0 Å². The van der Waals surface area contributed by atoms with Gasteiger partial charge in [-0.15, -0.1) is 0 Å². The molecule has 86 valence electrons. The highest BCUT2D eigenvalue weighted by atomic mass is 15.3. The van der Waals surface area contributed by atoms with Crippen LogP contribution in [0.4, 0.5) is 5.82 Å². The van der Waals surface area contributed by atoms with Gasteiger partial charge in [0.25, 0.3) is 0 Å². The molecule has 1 aromatic rings. The molecule has 0 saturated heterocycles. The quantitative estimate of drug-likeness (QED) is 0.747. The van der Waals surface area contributed by atoms with Crippen LogP contribution in [-0.4, -0.2) is 15.8 Å². The van der Waals surface area contributed by atoms with Crippen LogP contribution in [0.1, 0.15) is 46.5 Å². The Morgan fingerprint density at radius 3 is 2.67 bits per heavy atom. The summed E-state index contributed by atoms with van der Waals surface area (Å²) in [5.41, 5.74) is 0. The van der Waals surface area contributed by atoms with Gasteiger partial charge >= 0.3 is 0 Å². The molecule has 15 heavy (non-hydrogen) atoms. The lowest BCUT2D eigenvalue weighted by molar-refractivity contribution is 0.566. The molecule has 1 heterocycles. The molecule has 0 unspecified atom stereocenters. The molecule has 0 radical (unpaired) electrons. The lowest BCUT2D eigenvalue weighted by Crippen LogP contribution is -2.19. The van der Waals surface area contributed by atoms with Crippen molar-refractivity contribution in [2.45, 2.75) is 59.0 Å². The van der Waals surface area contributed by atoms with Gasteiger partial charge in [-0.3, -0.25) is 0 Å². The molecule has 0 bridgehead atoms. The Hall–Kier alpha value is -0.990. The molecule has 3 nitrogen and oxygen atoms in total. The summed E-state index contributed by atoms with van der Waals surface area (Å²) in [6, 6.07) is 2.63. The molecular formula is C12H23N3. The van der Waals surface area contributed by atoms with E-state index in [2.05, 4.69) is 41.9 Å². The molecule has 0 amide bonds. The molecule has 1 N–H and O–H groups in total. The van der Waals surface area contributed by atoms with Crippen LogP contribution in [0.2, 0.25) is 0 Å². The second kappa shape index (κ2) is 6.49. The van der Waals surface area contributed by atoms with Crippen LogP contribution in [0.3, 0.4) is 0 Å². The van der Waals surface area contributed by atoms with E-state index in [4.69, 9.17) is 0 Å². The zero-order chi connectivity index (χ0) is 11.1. The van der Waals surface area contributed by atoms with Crippen LogP contribution in [0, 0.1) is 0 Å². The first-order chi connectivity index (χ1) is 7.31. The van der Waals surface area contributed by atoms with Crippen molar-refractivity contribution in [3.63, 3.8) is 0 Å². The van der Waals surface area contributed by atoms with Gasteiger partial charge in [0.15, 0.2) is 0 Å². The Balaban J connectivity index is 2.55. The lowest BCUT2D eigenvalue weighted by atomic mass is 10.2. The summed E-state index contributed by atoms with van der Waals surface area (Å²) in [7, 11) is 0. The van der Waals surface area contributed by atoms with Crippen LogP contribution in [0.15, 0.2) is 12.3 Å². The van der Waals surface area contributed by atoms with E-state index >= 15 is 0 Å². The van der Waals surface area contributed by atoms with Gasteiger partial charge in [0.2, 0.25) is 0 Å². The van der Waals surface area contributed by atoms with E-state index in [1.54, 1.807) is 0 Å². The van der Waals surface area contributed by atoms with E-state index in [0.29, 0.717) is 6.04 Å². The molecule has 0 atom stereocenters. The second-order valence-electron chi connectivity index (χ2n) is 3.95. The largest absolute Gasteiger partial charge is 0.368 e. The van der Waals surface area contributed by atoms with Crippen LogP contribution < -0.4 is 5.32 Å². The van der Waals surface area contributed by atoms with Crippen molar-refractivity contribution in [3.8, 4) is 0 Å². The lowest BCUT2D eigenvalue weighted by Gasteiger charge is -2.17. The molecule has 3 heteroatoms. The maximum absolute atomic E-state index is 4.33. The van der Waals surface area contributed by atoms with Gasteiger partial charge < -0.3 is 5.32 Å². The maximum Gasteiger partial charge on any atom is 0.124 e. The summed E-state index contributed by atoms with van der Waals surface area (Å²) in [4.78, 5) is 0. The molecule has 0 saturated carbocycles. The topological polar surface area (TPSA) is 29.9 Å². The molecule has 0 aliphatic heterocycles. The number of anilines is 1. The van der Waals surface area contributed by atoms with Crippen molar-refractivity contribution >= 4 is 5.82 Å². The second-order valence-corrected chi connectivity index (χ2v) is 3.95. The molecule has 1 rings (SSSR count). The van der Waals surface area contributed by atoms with Gasteiger partial charge in [-0.05, 0) is 19.3 Å². The average Bonchev–Trinajstić information content (AvgIpc) is 2.70. The van der Waals surface area contributed by atoms with Crippen molar-refractivity contribution in [3.05, 3.63) is 12.3 Å². The molecule has 0 spiro atoms. The normalized spacial score (nSPS) is 10.9. The zero-order valence-electron chi connectivity index (χ0n) is 10.2. The number of nitrogens with zero attached hydrogens (tertiary/aromatic N) is 2. The van der Waals surface area contributed by atoms with Crippen molar-refractivity contribution in [2.75, 3.05) is 5.32 Å². The Kier molecular flexibility index (Phi) is 5.22. The fourth-order valence-electron chi connectivity index (χ4n) is 1.64. The summed E-state index contributed by atoms with van der Waals surface area (Å²) in [5.74, 6) is 1.16. The molecular weight excluding hydrogens is 186 g/mol. The third kappa shape index (κ3) is 3.57. The van der Waals surface area contributed by atoms with Crippen LogP contribution in [0.25, 0.3) is 0 Å². The SMILES string of the molecule is CCCCn1nccc1NC(CC)CC. The minimum Gasteiger partial charge on any atom is -0.368 e. The highest BCUT2D eigenvalue weighted by Crippen LogP contribution is 2.12. The predicted octanol–water partition coefficient (Wildman–Crippen LogP) is 3.28. The summed E-state index contributed by atoms with van der Waals surface area (Å²) in [6.45, 7) is 7.66. The Bertz CT molecular complexity index is 264. The number of aryl methyl sites for hydroxylation is 1. The summed E-state index contributed by atoms with van der Waals surface area (Å²) in [6.07, 6.45) is 6.61. The summed E-state index contributed by atoms with van der Waals surface area (Å²) < 4.78 is 2.07. The monoisotopic (exact) mass is 209 g/mol. The van der Waals surface area contributed by atoms with E-state index in [-0.39, 0.29) is 0 Å². The van der Waals surface area contributed by atoms with Gasteiger partial charge in [0, 0.05) is 18.7 Å². The van der Waals surface area contributed by atoms with Crippen molar-refractivity contribution in [1.82, 2.24) is 9.78 Å². The number of aromatic nitrogens is 2. The van der Waals surface area contributed by atoms with Crippen molar-refractivity contribution in [2.24, 2.45) is 0 Å². The number of unbranched alkanes of at least 4 members (excludes halogenated alkanes) is 1. The van der Waals surface area contributed by atoms with Gasteiger partial charge in [-0.25, -0.2) is 4.68 Å². The highest BCUT2D eigenvalue weighted by molar-refractivity contribution is 5.34. The first kappa shape index (κ1) is 12.1. The molecule has 0 fully saturated rings. The standard InChI is InChI=1S/C12H23N3/c1-4-7-10-15-12(8-9-13-15)14-11(5-2)6-3/h8-9,11,14H,4-7,10H2,1-3H3. The molecule has 0 aromatic carbocycles. The Morgan fingerprint density at radius 2 is 2.07 bits per heavy atom. The first-order valence-corrected chi connectivity index (χ1v) is 6.10. The highest BCUT2D eigenvalue weighted by Gasteiger charge is 2.06. The van der Waals surface area contributed by atoms with E-state index in [0.717, 1.165) is 25.2 Å². The van der Waals surface area contributed by atoms with Crippen LogP contribution in [-0.2, 0) is 6.54 Å². The predicted molar refractivity (Wildman–Crippen MR) is 65.1 cm³/mol. The van der Waals surface area contributed by atoms with Gasteiger partial charge in [0.1, 0.15) is 5.82 Å². The fourth-order valence-corrected chi connectivity index (χ4v) is 1.64. The van der Waals surface area contributed by atoms with Crippen molar-refractivity contribution in [1.29, 1.82) is 0 Å². The van der Waals surface area contributed by atoms with Gasteiger partial charge in [-0.2, -0.15) is 5.10 Å². The number of rotatable bonds is 7. The minimum atomic E-state index is 0.571. The van der Waals surface area contributed by atoms with Crippen LogP contribution in [0.5, 0.6) is 0 Å².